The van der Waals surface area contributed by atoms with Crippen molar-refractivity contribution in [3.63, 3.8) is 0 Å². The predicted octanol–water partition coefficient (Wildman–Crippen LogP) is 0.630. The summed E-state index contributed by atoms with van der Waals surface area (Å²) in [5.41, 5.74) is -0.786. The molecule has 0 bridgehead atoms. The Morgan fingerprint density at radius 2 is 1.77 bits per heavy atom. The van der Waals surface area contributed by atoms with E-state index >= 15 is 0 Å². The van der Waals surface area contributed by atoms with Crippen LogP contribution < -0.4 is 5.32 Å². The average molecular weight is 185 g/mol. The smallest absolute Gasteiger partial charge is 0.343 e. The van der Waals surface area contributed by atoms with Gasteiger partial charge in [-0.1, -0.05) is 6.58 Å². The number of nitrogens with one attached hydrogen (secondary N) is 1. The van der Waals surface area contributed by atoms with E-state index in [1.165, 1.54) is 7.05 Å². The number of amides is 1. The molecular weight excluding hydrogens is 170 g/mol. The fraction of sp³-hybridized carbons (Fsp3) is 0.556. The van der Waals surface area contributed by atoms with Gasteiger partial charge in [0.15, 0.2) is 0 Å². The monoisotopic (exact) mass is 185 g/mol. The second-order valence-electron chi connectivity index (χ2n) is 3.56. The van der Waals surface area contributed by atoms with E-state index in [0.717, 1.165) is 0 Å². The third-order valence-corrected chi connectivity index (χ3v) is 1.15. The highest BCUT2D eigenvalue weighted by atomic mass is 16.6. The summed E-state index contributed by atoms with van der Waals surface area (Å²) < 4.78 is 4.92. The van der Waals surface area contributed by atoms with Crippen molar-refractivity contribution in [2.45, 2.75) is 26.4 Å². The molecule has 0 fully saturated rings. The van der Waals surface area contributed by atoms with Crippen molar-refractivity contribution in [1.82, 2.24) is 5.32 Å². The molecule has 74 valence electrons. The molecule has 0 radical (unpaired) electrons. The number of hydrogen-bond acceptors (Lipinski definition) is 3. The first-order chi connectivity index (χ1) is 5.78. The molecular formula is C9H15NO3. The molecule has 0 aromatic carbocycles. The van der Waals surface area contributed by atoms with Gasteiger partial charge < -0.3 is 10.1 Å². The van der Waals surface area contributed by atoms with Crippen molar-refractivity contribution in [2.24, 2.45) is 0 Å². The number of carbonyl (C=O) groups excluding carboxylic acids is 2. The van der Waals surface area contributed by atoms with Crippen LogP contribution in [0.1, 0.15) is 20.8 Å². The zero-order chi connectivity index (χ0) is 10.6. The maximum atomic E-state index is 11.2. The normalized spacial score (nSPS) is 10.5. The maximum absolute atomic E-state index is 11.2. The molecule has 4 heteroatoms. The van der Waals surface area contributed by atoms with Crippen molar-refractivity contribution in [3.05, 3.63) is 12.2 Å². The molecule has 0 aliphatic rings. The zero-order valence-corrected chi connectivity index (χ0v) is 8.43. The van der Waals surface area contributed by atoms with E-state index in [0.29, 0.717) is 0 Å². The minimum absolute atomic E-state index is 0.183. The minimum Gasteiger partial charge on any atom is -0.456 e. The highest BCUT2D eigenvalue weighted by molar-refractivity contribution is 6.15. The molecule has 0 spiro atoms. The molecule has 0 atom stereocenters. The van der Waals surface area contributed by atoms with Crippen molar-refractivity contribution >= 4 is 11.9 Å². The second-order valence-corrected chi connectivity index (χ2v) is 3.56. The van der Waals surface area contributed by atoms with Gasteiger partial charge in [-0.05, 0) is 20.8 Å². The topological polar surface area (TPSA) is 55.4 Å². The van der Waals surface area contributed by atoms with Crippen LogP contribution in [-0.4, -0.2) is 24.5 Å². The van der Waals surface area contributed by atoms with Crippen LogP contribution in [0.4, 0.5) is 0 Å². The fourth-order valence-corrected chi connectivity index (χ4v) is 0.583. The minimum atomic E-state index is -0.688. The highest BCUT2D eigenvalue weighted by Gasteiger charge is 2.21. The standard InChI is InChI=1S/C9H15NO3/c1-6(7(11)10-5)8(12)13-9(2,3)4/h1H2,2-5H3,(H,10,11). The first-order valence-corrected chi connectivity index (χ1v) is 3.92. The Morgan fingerprint density at radius 1 is 1.31 bits per heavy atom. The molecule has 0 aromatic rings. The van der Waals surface area contributed by atoms with Crippen LogP contribution >= 0.6 is 0 Å². The Bertz CT molecular complexity index is 238. The first kappa shape index (κ1) is 11.7. The van der Waals surface area contributed by atoms with E-state index in [4.69, 9.17) is 4.74 Å². The average Bonchev–Trinajstić information content (AvgIpc) is 1.98. The van der Waals surface area contributed by atoms with E-state index < -0.39 is 17.5 Å². The molecule has 0 saturated heterocycles. The van der Waals surface area contributed by atoms with Gasteiger partial charge in [0, 0.05) is 7.05 Å². The molecule has 0 heterocycles. The summed E-state index contributed by atoms with van der Waals surface area (Å²) in [7, 11) is 1.43. The Morgan fingerprint density at radius 3 is 2.08 bits per heavy atom. The molecule has 0 unspecified atom stereocenters. The second kappa shape index (κ2) is 4.07. The van der Waals surface area contributed by atoms with Gasteiger partial charge in [-0.25, -0.2) is 4.79 Å². The number of ether oxygens (including phenoxy) is 1. The number of hydrogen-bond donors (Lipinski definition) is 1. The van der Waals surface area contributed by atoms with Gasteiger partial charge >= 0.3 is 5.97 Å². The lowest BCUT2D eigenvalue weighted by molar-refractivity contribution is -0.150. The van der Waals surface area contributed by atoms with Gasteiger partial charge in [0.25, 0.3) is 5.91 Å². The fourth-order valence-electron chi connectivity index (χ4n) is 0.583. The van der Waals surface area contributed by atoms with Crippen LogP contribution in [0.2, 0.25) is 0 Å². The molecule has 0 aliphatic heterocycles. The highest BCUT2D eigenvalue weighted by Crippen LogP contribution is 2.09. The molecule has 1 N–H and O–H groups in total. The maximum Gasteiger partial charge on any atom is 0.343 e. The van der Waals surface area contributed by atoms with Crippen molar-refractivity contribution in [1.29, 1.82) is 0 Å². The summed E-state index contributed by atoms with van der Waals surface area (Å²) in [5, 5.41) is 2.29. The molecule has 0 rings (SSSR count). The molecule has 0 aromatic heterocycles. The molecule has 1 amide bonds. The third kappa shape index (κ3) is 4.30. The molecule has 4 nitrogen and oxygen atoms in total. The molecule has 0 aliphatic carbocycles. The van der Waals surface area contributed by atoms with Gasteiger partial charge in [-0.15, -0.1) is 0 Å². The van der Waals surface area contributed by atoms with Gasteiger partial charge in [0.2, 0.25) is 0 Å². The number of carbonyl (C=O) groups is 2. The summed E-state index contributed by atoms with van der Waals surface area (Å²) in [6, 6.07) is 0. The largest absolute Gasteiger partial charge is 0.456 e. The quantitative estimate of drug-likeness (QED) is 0.297. The molecule has 0 saturated carbocycles. The van der Waals surface area contributed by atoms with E-state index in [1.807, 2.05) is 0 Å². The molecule has 13 heavy (non-hydrogen) atoms. The van der Waals surface area contributed by atoms with Gasteiger partial charge in [-0.2, -0.15) is 0 Å². The van der Waals surface area contributed by atoms with E-state index in [2.05, 4.69) is 11.9 Å². The van der Waals surface area contributed by atoms with E-state index in [9.17, 15) is 9.59 Å². The van der Waals surface area contributed by atoms with Crippen LogP contribution in [0, 0.1) is 0 Å². The Labute approximate surface area is 78.0 Å². The number of likely N-dealkylation sites (N-methyl/N-ethyl adjacent to an activating group) is 1. The van der Waals surface area contributed by atoms with E-state index in [-0.39, 0.29) is 5.57 Å². The van der Waals surface area contributed by atoms with Crippen LogP contribution in [0.25, 0.3) is 0 Å². The third-order valence-electron chi connectivity index (χ3n) is 1.15. The van der Waals surface area contributed by atoms with Gasteiger partial charge in [0.1, 0.15) is 11.2 Å². The van der Waals surface area contributed by atoms with Crippen molar-refractivity contribution < 1.29 is 14.3 Å². The SMILES string of the molecule is C=C(C(=O)NC)C(=O)OC(C)(C)C. The lowest BCUT2D eigenvalue weighted by Crippen LogP contribution is -2.30. The van der Waals surface area contributed by atoms with Crippen molar-refractivity contribution in [3.8, 4) is 0 Å². The van der Waals surface area contributed by atoms with Crippen LogP contribution in [0.5, 0.6) is 0 Å². The van der Waals surface area contributed by atoms with Crippen LogP contribution in [0.15, 0.2) is 12.2 Å². The Balaban J connectivity index is 4.30. The summed E-state index contributed by atoms with van der Waals surface area (Å²) in [4.78, 5) is 22.1. The lowest BCUT2D eigenvalue weighted by atomic mass is 10.2. The lowest BCUT2D eigenvalue weighted by Gasteiger charge is -2.19. The van der Waals surface area contributed by atoms with Crippen LogP contribution in [0.3, 0.4) is 0 Å². The first-order valence-electron chi connectivity index (χ1n) is 3.92. The van der Waals surface area contributed by atoms with E-state index in [1.54, 1.807) is 20.8 Å². The predicted molar refractivity (Wildman–Crippen MR) is 49.1 cm³/mol. The zero-order valence-electron chi connectivity index (χ0n) is 8.43. The Kier molecular flexibility index (Phi) is 3.66. The van der Waals surface area contributed by atoms with Crippen molar-refractivity contribution in [2.75, 3.05) is 7.05 Å². The Hall–Kier alpha value is -1.32. The summed E-state index contributed by atoms with van der Waals surface area (Å²) in [5.74, 6) is -1.21. The van der Waals surface area contributed by atoms with Gasteiger partial charge in [0.05, 0.1) is 0 Å². The number of esters is 1. The van der Waals surface area contributed by atoms with Crippen LogP contribution in [-0.2, 0) is 14.3 Å². The summed E-state index contributed by atoms with van der Waals surface area (Å²) in [6.07, 6.45) is 0. The number of rotatable bonds is 2. The summed E-state index contributed by atoms with van der Waals surface area (Å²) >= 11 is 0. The van der Waals surface area contributed by atoms with Gasteiger partial charge in [-0.3, -0.25) is 4.79 Å². The summed E-state index contributed by atoms with van der Waals surface area (Å²) in [6.45, 7) is 8.50.